The minimum Gasteiger partial charge on any atom is -0.488 e. The van der Waals surface area contributed by atoms with Gasteiger partial charge in [0, 0.05) is 22.2 Å². The third-order valence-electron chi connectivity index (χ3n) is 4.59. The number of thiazole rings is 1. The maximum atomic E-state index is 12.9. The fourth-order valence-corrected chi connectivity index (χ4v) is 4.77. The maximum Gasteiger partial charge on any atom is 0.261 e. The van der Waals surface area contributed by atoms with Crippen molar-refractivity contribution in [3.63, 3.8) is 0 Å². The number of benzene rings is 2. The molecule has 0 spiro atoms. The van der Waals surface area contributed by atoms with Gasteiger partial charge in [-0.15, -0.1) is 22.7 Å². The zero-order valence-corrected chi connectivity index (χ0v) is 20.0. The number of aromatic nitrogens is 1. The highest BCUT2D eigenvalue weighted by molar-refractivity contribution is 7.17. The summed E-state index contributed by atoms with van der Waals surface area (Å²) in [6.07, 6.45) is 0. The summed E-state index contributed by atoms with van der Waals surface area (Å²) in [5, 5.41) is 8.70. The zero-order valence-electron chi connectivity index (χ0n) is 17.6. The van der Waals surface area contributed by atoms with Crippen molar-refractivity contribution < 1.29 is 14.3 Å². The third-order valence-corrected chi connectivity index (χ3v) is 6.71. The quantitative estimate of drug-likeness (QED) is 0.313. The van der Waals surface area contributed by atoms with Gasteiger partial charge < -0.3 is 10.1 Å². The molecule has 0 aliphatic carbocycles. The molecule has 4 rings (SSSR count). The van der Waals surface area contributed by atoms with Crippen molar-refractivity contribution in [2.24, 2.45) is 0 Å². The first-order valence-corrected chi connectivity index (χ1v) is 12.1. The lowest BCUT2D eigenvalue weighted by molar-refractivity contribution is -0.119. The van der Waals surface area contributed by atoms with Crippen LogP contribution in [0.5, 0.6) is 5.75 Å². The van der Waals surface area contributed by atoms with E-state index in [1.54, 1.807) is 41.7 Å². The summed E-state index contributed by atoms with van der Waals surface area (Å²) >= 11 is 8.83. The molecule has 2 N–H and O–H groups in total. The van der Waals surface area contributed by atoms with Gasteiger partial charge in [-0.3, -0.25) is 14.9 Å². The number of para-hydroxylation sites is 1. The minimum absolute atomic E-state index is 0.0685. The molecule has 0 bridgehead atoms. The third kappa shape index (κ3) is 6.19. The number of hydrogen-bond donors (Lipinski definition) is 2. The van der Waals surface area contributed by atoms with E-state index in [4.69, 9.17) is 16.3 Å². The maximum absolute atomic E-state index is 12.9. The van der Waals surface area contributed by atoms with Crippen LogP contribution in [0.15, 0.2) is 66.0 Å². The first kappa shape index (κ1) is 23.0. The molecule has 168 valence electrons. The molecular weight excluding hydrogens is 478 g/mol. The van der Waals surface area contributed by atoms with E-state index >= 15 is 0 Å². The SMILES string of the molecule is CC(=O)NCc1ccc(-c2csc(NC(=O)c3ccccc3OCc3ccc(Cl)cc3)n2)s1. The van der Waals surface area contributed by atoms with Gasteiger partial charge in [0.15, 0.2) is 5.13 Å². The number of carbonyl (C=O) groups is 2. The van der Waals surface area contributed by atoms with Crippen LogP contribution in [0.25, 0.3) is 10.6 Å². The van der Waals surface area contributed by atoms with Crippen molar-refractivity contribution in [3.8, 4) is 16.3 Å². The number of nitrogens with one attached hydrogen (secondary N) is 2. The predicted octanol–water partition coefficient (Wildman–Crippen LogP) is 5.99. The second kappa shape index (κ2) is 10.6. The van der Waals surface area contributed by atoms with Crippen LogP contribution in [0.1, 0.15) is 27.7 Å². The van der Waals surface area contributed by atoms with E-state index in [2.05, 4.69) is 15.6 Å². The number of thiophene rings is 1. The van der Waals surface area contributed by atoms with Crippen LogP contribution in [0.3, 0.4) is 0 Å². The number of ether oxygens (including phenoxy) is 1. The molecule has 2 aromatic carbocycles. The molecule has 0 aliphatic heterocycles. The smallest absolute Gasteiger partial charge is 0.261 e. The van der Waals surface area contributed by atoms with Gasteiger partial charge in [-0.25, -0.2) is 4.98 Å². The van der Waals surface area contributed by atoms with Crippen LogP contribution in [0.2, 0.25) is 5.02 Å². The molecule has 33 heavy (non-hydrogen) atoms. The Morgan fingerprint density at radius 2 is 1.85 bits per heavy atom. The highest BCUT2D eigenvalue weighted by atomic mass is 35.5. The van der Waals surface area contributed by atoms with E-state index in [-0.39, 0.29) is 11.8 Å². The predicted molar refractivity (Wildman–Crippen MR) is 133 cm³/mol. The number of amides is 2. The Balaban J connectivity index is 1.41. The van der Waals surface area contributed by atoms with E-state index in [0.29, 0.717) is 34.6 Å². The van der Waals surface area contributed by atoms with Crippen molar-refractivity contribution in [1.29, 1.82) is 0 Å². The van der Waals surface area contributed by atoms with Crippen molar-refractivity contribution in [3.05, 3.63) is 87.1 Å². The number of hydrogen-bond acceptors (Lipinski definition) is 6. The molecule has 0 saturated heterocycles. The normalized spacial score (nSPS) is 10.6. The largest absolute Gasteiger partial charge is 0.488 e. The fourth-order valence-electron chi connectivity index (χ4n) is 2.95. The summed E-state index contributed by atoms with van der Waals surface area (Å²) < 4.78 is 5.89. The van der Waals surface area contributed by atoms with Gasteiger partial charge in [-0.05, 0) is 42.0 Å². The average Bonchev–Trinajstić information content (AvgIpc) is 3.47. The number of halogens is 1. The lowest BCUT2D eigenvalue weighted by atomic mass is 10.2. The summed E-state index contributed by atoms with van der Waals surface area (Å²) in [6, 6.07) is 18.4. The Hall–Kier alpha value is -3.20. The van der Waals surface area contributed by atoms with Gasteiger partial charge in [0.2, 0.25) is 5.91 Å². The van der Waals surface area contributed by atoms with Crippen molar-refractivity contribution >= 4 is 51.2 Å². The van der Waals surface area contributed by atoms with Crippen LogP contribution in [-0.2, 0) is 17.9 Å². The molecule has 4 aromatic rings. The molecule has 0 atom stereocenters. The average molecular weight is 498 g/mol. The summed E-state index contributed by atoms with van der Waals surface area (Å²) in [6.45, 7) is 2.30. The minimum atomic E-state index is -0.292. The molecule has 0 fully saturated rings. The second-order valence-electron chi connectivity index (χ2n) is 7.08. The van der Waals surface area contributed by atoms with Crippen molar-refractivity contribution in [1.82, 2.24) is 10.3 Å². The van der Waals surface area contributed by atoms with Crippen LogP contribution in [-0.4, -0.2) is 16.8 Å². The summed E-state index contributed by atoms with van der Waals surface area (Å²) in [5.41, 5.74) is 2.16. The zero-order chi connectivity index (χ0) is 23.2. The molecule has 9 heteroatoms. The topological polar surface area (TPSA) is 80.3 Å². The van der Waals surface area contributed by atoms with E-state index in [1.807, 2.05) is 35.7 Å². The van der Waals surface area contributed by atoms with E-state index in [1.165, 1.54) is 18.3 Å². The Morgan fingerprint density at radius 3 is 2.64 bits per heavy atom. The molecule has 0 unspecified atom stereocenters. The van der Waals surface area contributed by atoms with Gasteiger partial charge in [0.1, 0.15) is 12.4 Å². The highest BCUT2D eigenvalue weighted by Gasteiger charge is 2.15. The van der Waals surface area contributed by atoms with Gasteiger partial charge in [-0.2, -0.15) is 0 Å². The number of anilines is 1. The number of rotatable bonds is 8. The van der Waals surface area contributed by atoms with Gasteiger partial charge in [0.05, 0.1) is 22.7 Å². The Bertz CT molecular complexity index is 1270. The molecule has 2 heterocycles. The Labute approximate surface area is 204 Å². The monoisotopic (exact) mass is 497 g/mol. The first-order valence-electron chi connectivity index (χ1n) is 10.0. The number of nitrogens with zero attached hydrogens (tertiary/aromatic N) is 1. The lowest BCUT2D eigenvalue weighted by Gasteiger charge is -2.11. The van der Waals surface area contributed by atoms with E-state index in [9.17, 15) is 9.59 Å². The molecule has 2 aromatic heterocycles. The molecule has 0 aliphatic rings. The van der Waals surface area contributed by atoms with Crippen LogP contribution in [0.4, 0.5) is 5.13 Å². The van der Waals surface area contributed by atoms with Crippen LogP contribution < -0.4 is 15.4 Å². The highest BCUT2D eigenvalue weighted by Crippen LogP contribution is 2.31. The van der Waals surface area contributed by atoms with E-state index < -0.39 is 0 Å². The van der Waals surface area contributed by atoms with E-state index in [0.717, 1.165) is 21.0 Å². The van der Waals surface area contributed by atoms with Crippen molar-refractivity contribution in [2.45, 2.75) is 20.1 Å². The Kier molecular flexibility index (Phi) is 7.39. The van der Waals surface area contributed by atoms with Crippen LogP contribution in [0, 0.1) is 0 Å². The summed E-state index contributed by atoms with van der Waals surface area (Å²) in [4.78, 5) is 30.6. The standard InChI is InChI=1S/C24H20ClN3O3S2/c1-15(29)26-12-18-10-11-22(33-18)20-14-32-24(27-20)28-23(30)19-4-2-3-5-21(19)31-13-16-6-8-17(25)9-7-16/h2-11,14H,12-13H2,1H3,(H,26,29)(H,27,28,30). The van der Waals surface area contributed by atoms with Gasteiger partial charge in [-0.1, -0.05) is 35.9 Å². The van der Waals surface area contributed by atoms with Crippen molar-refractivity contribution in [2.75, 3.05) is 5.32 Å². The summed E-state index contributed by atoms with van der Waals surface area (Å²) in [5.74, 6) is 0.128. The molecule has 0 saturated carbocycles. The molecule has 6 nitrogen and oxygen atoms in total. The lowest BCUT2D eigenvalue weighted by Crippen LogP contribution is -2.17. The fraction of sp³-hybridized carbons (Fsp3) is 0.125. The number of carbonyl (C=O) groups excluding carboxylic acids is 2. The first-order chi connectivity index (χ1) is 16.0. The van der Waals surface area contributed by atoms with Gasteiger partial charge in [0.25, 0.3) is 5.91 Å². The van der Waals surface area contributed by atoms with Crippen LogP contribution >= 0.6 is 34.3 Å². The molecular formula is C24H20ClN3O3S2. The molecule has 0 radical (unpaired) electrons. The second-order valence-corrected chi connectivity index (χ2v) is 9.54. The molecule has 2 amide bonds. The summed E-state index contributed by atoms with van der Waals surface area (Å²) in [7, 11) is 0. The Morgan fingerprint density at radius 1 is 1.06 bits per heavy atom. The van der Waals surface area contributed by atoms with Gasteiger partial charge >= 0.3 is 0 Å².